The van der Waals surface area contributed by atoms with Crippen molar-refractivity contribution in [1.29, 1.82) is 0 Å². The highest BCUT2D eigenvalue weighted by Gasteiger charge is 2.38. The van der Waals surface area contributed by atoms with Crippen molar-refractivity contribution in [3.05, 3.63) is 29.8 Å². The van der Waals surface area contributed by atoms with Crippen LogP contribution in [0.25, 0.3) is 0 Å². The zero-order chi connectivity index (χ0) is 17.6. The first-order valence-corrected chi connectivity index (χ1v) is 8.55. The van der Waals surface area contributed by atoms with Gasteiger partial charge in [-0.15, -0.1) is 12.4 Å². The summed E-state index contributed by atoms with van der Waals surface area (Å²) in [6.45, 7) is 6.68. The van der Waals surface area contributed by atoms with Crippen LogP contribution >= 0.6 is 12.4 Å². The van der Waals surface area contributed by atoms with Crippen LogP contribution in [-0.4, -0.2) is 49.6 Å². The van der Waals surface area contributed by atoms with Crippen LogP contribution in [0.4, 0.5) is 5.69 Å². The molecule has 0 radical (unpaired) electrons. The molecule has 0 aromatic heterocycles. The molecule has 1 aromatic carbocycles. The fraction of sp³-hybridized carbons (Fsp3) is 0.556. The van der Waals surface area contributed by atoms with E-state index >= 15 is 0 Å². The van der Waals surface area contributed by atoms with Gasteiger partial charge in [0.15, 0.2) is 0 Å². The molecule has 25 heavy (non-hydrogen) atoms. The van der Waals surface area contributed by atoms with Gasteiger partial charge in [-0.2, -0.15) is 0 Å². The van der Waals surface area contributed by atoms with Gasteiger partial charge in [0.25, 0.3) is 5.91 Å². The average Bonchev–Trinajstić information content (AvgIpc) is 2.63. The summed E-state index contributed by atoms with van der Waals surface area (Å²) in [4.78, 5) is 26.7. The van der Waals surface area contributed by atoms with Crippen LogP contribution in [0.5, 0.6) is 0 Å². The molecule has 1 saturated heterocycles. The van der Waals surface area contributed by atoms with Gasteiger partial charge in [0.05, 0.1) is 5.41 Å². The van der Waals surface area contributed by atoms with E-state index in [0.717, 1.165) is 0 Å². The zero-order valence-electron chi connectivity index (χ0n) is 14.9. The third kappa shape index (κ3) is 4.93. The molecule has 1 heterocycles. The van der Waals surface area contributed by atoms with Crippen LogP contribution < -0.4 is 11.1 Å². The quantitative estimate of drug-likeness (QED) is 0.805. The number of carbonyl (C=O) groups is 2. The second-order valence-electron chi connectivity index (χ2n) is 6.11. The molecule has 0 saturated carbocycles. The Morgan fingerprint density at radius 2 is 1.72 bits per heavy atom. The molecule has 3 N–H and O–H groups in total. The number of nitrogens with two attached hydrogens (primary N) is 1. The second kappa shape index (κ2) is 9.75. The first-order valence-electron chi connectivity index (χ1n) is 8.55. The van der Waals surface area contributed by atoms with Crippen molar-refractivity contribution in [3.8, 4) is 0 Å². The SMILES string of the molecule is CCN(CC)C(=O)c1ccc(NC(=O)C2(CN)CCOCC2)cc1.Cl. The van der Waals surface area contributed by atoms with E-state index in [9.17, 15) is 9.59 Å². The normalized spacial score (nSPS) is 15.8. The molecular formula is C18H28ClN3O3. The minimum Gasteiger partial charge on any atom is -0.381 e. The van der Waals surface area contributed by atoms with Gasteiger partial charge in [0, 0.05) is 44.1 Å². The van der Waals surface area contributed by atoms with Crippen molar-refractivity contribution in [2.24, 2.45) is 11.1 Å². The molecule has 2 rings (SSSR count). The molecule has 7 heteroatoms. The Kier molecular flexibility index (Phi) is 8.35. The summed E-state index contributed by atoms with van der Waals surface area (Å²) in [6, 6.07) is 7.01. The van der Waals surface area contributed by atoms with E-state index in [1.807, 2.05) is 13.8 Å². The monoisotopic (exact) mass is 369 g/mol. The minimum absolute atomic E-state index is 0. The maximum absolute atomic E-state index is 12.6. The van der Waals surface area contributed by atoms with Gasteiger partial charge in [0.2, 0.25) is 5.91 Å². The summed E-state index contributed by atoms with van der Waals surface area (Å²) in [5.74, 6) is -0.0724. The van der Waals surface area contributed by atoms with E-state index in [1.165, 1.54) is 0 Å². The number of halogens is 1. The number of carbonyl (C=O) groups excluding carboxylic acids is 2. The molecule has 1 aromatic rings. The van der Waals surface area contributed by atoms with Crippen molar-refractivity contribution in [2.75, 3.05) is 38.2 Å². The number of ether oxygens (including phenoxy) is 1. The van der Waals surface area contributed by atoms with Crippen LogP contribution in [0.3, 0.4) is 0 Å². The smallest absolute Gasteiger partial charge is 0.253 e. The first-order chi connectivity index (χ1) is 11.6. The Morgan fingerprint density at radius 3 is 2.20 bits per heavy atom. The number of nitrogens with one attached hydrogen (secondary N) is 1. The third-order valence-corrected chi connectivity index (χ3v) is 4.76. The average molecular weight is 370 g/mol. The second-order valence-corrected chi connectivity index (χ2v) is 6.11. The van der Waals surface area contributed by atoms with Gasteiger partial charge in [0.1, 0.15) is 0 Å². The highest BCUT2D eigenvalue weighted by atomic mass is 35.5. The minimum atomic E-state index is -0.562. The van der Waals surface area contributed by atoms with Crippen LogP contribution in [0.15, 0.2) is 24.3 Å². The molecule has 1 aliphatic heterocycles. The number of hydrogen-bond acceptors (Lipinski definition) is 4. The number of benzene rings is 1. The summed E-state index contributed by atoms with van der Waals surface area (Å²) in [5, 5.41) is 2.93. The lowest BCUT2D eigenvalue weighted by atomic mass is 9.79. The van der Waals surface area contributed by atoms with Gasteiger partial charge < -0.3 is 20.7 Å². The lowest BCUT2D eigenvalue weighted by molar-refractivity contribution is -0.130. The predicted molar refractivity (Wildman–Crippen MR) is 101 cm³/mol. The van der Waals surface area contributed by atoms with E-state index in [0.29, 0.717) is 56.9 Å². The molecule has 0 spiro atoms. The Bertz CT molecular complexity index is 567. The van der Waals surface area contributed by atoms with Crippen LogP contribution in [0, 0.1) is 5.41 Å². The number of hydrogen-bond donors (Lipinski definition) is 2. The summed E-state index contributed by atoms with van der Waals surface area (Å²) >= 11 is 0. The standard InChI is InChI=1S/C18H27N3O3.ClH/c1-3-21(4-2)16(22)14-5-7-15(8-6-14)20-17(23)18(13-19)9-11-24-12-10-18;/h5-8H,3-4,9-13,19H2,1-2H3,(H,20,23);1H. The van der Waals surface area contributed by atoms with Crippen LogP contribution in [-0.2, 0) is 9.53 Å². The maximum Gasteiger partial charge on any atom is 0.253 e. The van der Waals surface area contributed by atoms with Crippen molar-refractivity contribution in [1.82, 2.24) is 4.90 Å². The number of nitrogens with zero attached hydrogens (tertiary/aromatic N) is 1. The highest BCUT2D eigenvalue weighted by molar-refractivity contribution is 5.97. The highest BCUT2D eigenvalue weighted by Crippen LogP contribution is 2.31. The zero-order valence-corrected chi connectivity index (χ0v) is 15.7. The predicted octanol–water partition coefficient (Wildman–Crippen LogP) is 2.28. The topological polar surface area (TPSA) is 84.7 Å². The maximum atomic E-state index is 12.6. The Balaban J connectivity index is 0.00000312. The fourth-order valence-corrected chi connectivity index (χ4v) is 2.94. The largest absolute Gasteiger partial charge is 0.381 e. The van der Waals surface area contributed by atoms with E-state index in [-0.39, 0.29) is 24.2 Å². The van der Waals surface area contributed by atoms with E-state index in [4.69, 9.17) is 10.5 Å². The Hall–Kier alpha value is -1.63. The van der Waals surface area contributed by atoms with Crippen molar-refractivity contribution < 1.29 is 14.3 Å². The molecule has 0 bridgehead atoms. The summed E-state index contributed by atoms with van der Waals surface area (Å²) in [6.07, 6.45) is 1.27. The lowest BCUT2D eigenvalue weighted by Crippen LogP contribution is -2.46. The van der Waals surface area contributed by atoms with E-state index in [1.54, 1.807) is 29.2 Å². The number of rotatable bonds is 6. The van der Waals surface area contributed by atoms with E-state index in [2.05, 4.69) is 5.32 Å². The molecule has 0 aliphatic carbocycles. The van der Waals surface area contributed by atoms with E-state index < -0.39 is 5.41 Å². The molecule has 1 aliphatic rings. The van der Waals surface area contributed by atoms with Crippen LogP contribution in [0.1, 0.15) is 37.0 Å². The molecule has 6 nitrogen and oxygen atoms in total. The van der Waals surface area contributed by atoms with Gasteiger partial charge in [-0.1, -0.05) is 0 Å². The molecule has 140 valence electrons. The lowest BCUT2D eigenvalue weighted by Gasteiger charge is -2.34. The molecular weight excluding hydrogens is 342 g/mol. The summed E-state index contributed by atoms with van der Waals surface area (Å²) in [7, 11) is 0. The molecule has 1 fully saturated rings. The summed E-state index contributed by atoms with van der Waals surface area (Å²) < 4.78 is 5.33. The van der Waals surface area contributed by atoms with Crippen molar-refractivity contribution in [3.63, 3.8) is 0 Å². The Labute approximate surface area is 155 Å². The molecule has 0 atom stereocenters. The summed E-state index contributed by atoms with van der Waals surface area (Å²) in [5.41, 5.74) is 6.59. The van der Waals surface area contributed by atoms with Crippen molar-refractivity contribution >= 4 is 29.9 Å². The van der Waals surface area contributed by atoms with Gasteiger partial charge in [-0.3, -0.25) is 9.59 Å². The van der Waals surface area contributed by atoms with Gasteiger partial charge in [-0.05, 0) is 51.0 Å². The van der Waals surface area contributed by atoms with Gasteiger partial charge >= 0.3 is 0 Å². The van der Waals surface area contributed by atoms with Gasteiger partial charge in [-0.25, -0.2) is 0 Å². The molecule has 0 unspecified atom stereocenters. The fourth-order valence-electron chi connectivity index (χ4n) is 2.94. The number of anilines is 1. The third-order valence-electron chi connectivity index (χ3n) is 4.76. The number of amides is 2. The molecule has 2 amide bonds. The first kappa shape index (κ1) is 21.4. The van der Waals surface area contributed by atoms with Crippen molar-refractivity contribution in [2.45, 2.75) is 26.7 Å². The van der Waals surface area contributed by atoms with Crippen LogP contribution in [0.2, 0.25) is 0 Å². The Morgan fingerprint density at radius 1 is 1.16 bits per heavy atom.